The lowest BCUT2D eigenvalue weighted by molar-refractivity contribution is -0.380. The molecule has 5 saturated heterocycles. The van der Waals surface area contributed by atoms with Crippen molar-refractivity contribution >= 4 is 5.97 Å². The van der Waals surface area contributed by atoms with Crippen LogP contribution in [0.25, 0.3) is 0 Å². The Hall–Kier alpha value is -1.39. The summed E-state index contributed by atoms with van der Waals surface area (Å²) < 4.78 is 55.2. The van der Waals surface area contributed by atoms with Crippen molar-refractivity contribution < 1.29 is 83.2 Å². The van der Waals surface area contributed by atoms with Crippen molar-refractivity contribution in [1.29, 1.82) is 0 Å². The Morgan fingerprint density at radius 3 is 2.21 bits per heavy atom. The number of aliphatic hydroxyl groups excluding tert-OH is 7. The topological polar surface area (TPSA) is 242 Å². The normalized spacial score (nSPS) is 55.4. The first kappa shape index (κ1) is 46.7. The minimum absolute atomic E-state index is 0.0271. The Bertz CT molecular complexity index is 1670. The van der Waals surface area contributed by atoms with Crippen LogP contribution in [0.5, 0.6) is 0 Å². The van der Waals surface area contributed by atoms with Gasteiger partial charge in [0.15, 0.2) is 24.7 Å². The second kappa shape index (κ2) is 17.6. The third-order valence-corrected chi connectivity index (χ3v) is 17.6. The molecule has 1 spiro atoms. The van der Waals surface area contributed by atoms with Crippen molar-refractivity contribution in [2.45, 2.75) is 203 Å². The van der Waals surface area contributed by atoms with Crippen LogP contribution >= 0.6 is 0 Å². The Labute approximate surface area is 369 Å². The van der Waals surface area contributed by atoms with E-state index in [1.807, 2.05) is 0 Å². The van der Waals surface area contributed by atoms with E-state index in [0.717, 1.165) is 51.6 Å². The molecular formula is C46H72O17. The molecule has 5 aliphatic heterocycles. The van der Waals surface area contributed by atoms with Gasteiger partial charge in [-0.15, -0.1) is 0 Å². The van der Waals surface area contributed by atoms with E-state index < -0.39 is 104 Å². The molecule has 0 bridgehead atoms. The van der Waals surface area contributed by atoms with Gasteiger partial charge < -0.3 is 78.4 Å². The van der Waals surface area contributed by atoms with Gasteiger partial charge in [-0.2, -0.15) is 0 Å². The molecular weight excluding hydrogens is 824 g/mol. The summed E-state index contributed by atoms with van der Waals surface area (Å²) >= 11 is 0. The highest BCUT2D eigenvalue weighted by Crippen LogP contribution is 2.70. The first-order valence-corrected chi connectivity index (χ1v) is 23.7. The van der Waals surface area contributed by atoms with E-state index in [2.05, 4.69) is 33.8 Å². The molecule has 7 N–H and O–H groups in total. The van der Waals surface area contributed by atoms with Crippen LogP contribution in [-0.4, -0.2) is 166 Å². The van der Waals surface area contributed by atoms with Gasteiger partial charge >= 0.3 is 5.97 Å². The molecule has 0 amide bonds. The first-order valence-electron chi connectivity index (χ1n) is 23.7. The zero-order valence-corrected chi connectivity index (χ0v) is 37.5. The fourth-order valence-corrected chi connectivity index (χ4v) is 14.0. The van der Waals surface area contributed by atoms with E-state index in [4.69, 9.17) is 42.6 Å². The predicted octanol–water partition coefficient (Wildman–Crippen LogP) is 1.42. The van der Waals surface area contributed by atoms with E-state index in [-0.39, 0.29) is 29.6 Å². The summed E-state index contributed by atoms with van der Waals surface area (Å²) in [5.74, 6) is 1.98. The van der Waals surface area contributed by atoms with Gasteiger partial charge in [0, 0.05) is 19.3 Å². The second-order valence-corrected chi connectivity index (χ2v) is 21.2. The summed E-state index contributed by atoms with van der Waals surface area (Å²) in [6.45, 7) is 12.0. The third-order valence-electron chi connectivity index (χ3n) is 17.6. The molecule has 25 atom stereocenters. The van der Waals surface area contributed by atoms with E-state index in [0.29, 0.717) is 48.3 Å². The van der Waals surface area contributed by atoms with Crippen LogP contribution in [0.4, 0.5) is 0 Å². The first-order chi connectivity index (χ1) is 29.9. The third kappa shape index (κ3) is 7.97. The Balaban J connectivity index is 0.907. The quantitative estimate of drug-likeness (QED) is 0.128. The summed E-state index contributed by atoms with van der Waals surface area (Å²) in [6.07, 6.45) is -9.22. The Kier molecular flexibility index (Phi) is 13.1. The van der Waals surface area contributed by atoms with Crippen LogP contribution in [0.3, 0.4) is 0 Å². The molecule has 9 rings (SSSR count). The lowest BCUT2D eigenvalue weighted by Crippen LogP contribution is -2.65. The number of carbonyl (C=O) groups is 1. The van der Waals surface area contributed by atoms with Crippen LogP contribution in [0.2, 0.25) is 0 Å². The van der Waals surface area contributed by atoms with E-state index in [1.54, 1.807) is 0 Å². The lowest BCUT2D eigenvalue weighted by atomic mass is 9.47. The number of hydrogen-bond acceptors (Lipinski definition) is 17. The number of esters is 1. The van der Waals surface area contributed by atoms with E-state index in [9.17, 15) is 40.5 Å². The zero-order chi connectivity index (χ0) is 44.9. The average molecular weight is 897 g/mol. The number of ether oxygens (including phenoxy) is 9. The van der Waals surface area contributed by atoms with Crippen molar-refractivity contribution in [2.24, 2.45) is 46.3 Å². The number of carbonyl (C=O) groups excluding carboxylic acids is 1. The summed E-state index contributed by atoms with van der Waals surface area (Å²) in [5, 5.41) is 76.0. The van der Waals surface area contributed by atoms with Crippen molar-refractivity contribution in [3.05, 3.63) is 11.6 Å². The molecule has 17 nitrogen and oxygen atoms in total. The molecule has 0 radical (unpaired) electrons. The van der Waals surface area contributed by atoms with Crippen LogP contribution in [0.15, 0.2) is 11.6 Å². The van der Waals surface area contributed by atoms with Crippen LogP contribution in [0.1, 0.15) is 99.3 Å². The Morgan fingerprint density at radius 2 is 1.49 bits per heavy atom. The number of hydrogen-bond donors (Lipinski definition) is 7. The van der Waals surface area contributed by atoms with Crippen LogP contribution in [-0.2, 0) is 47.4 Å². The highest BCUT2D eigenvalue weighted by atomic mass is 16.8. The predicted molar refractivity (Wildman–Crippen MR) is 218 cm³/mol. The fourth-order valence-electron chi connectivity index (χ4n) is 14.0. The van der Waals surface area contributed by atoms with E-state index in [1.165, 1.54) is 19.4 Å². The van der Waals surface area contributed by atoms with Gasteiger partial charge in [0.1, 0.15) is 67.6 Å². The number of aliphatic hydroxyl groups is 7. The molecule has 9 aliphatic rings. The molecule has 4 aliphatic carbocycles. The van der Waals surface area contributed by atoms with Crippen molar-refractivity contribution in [1.82, 2.24) is 0 Å². The summed E-state index contributed by atoms with van der Waals surface area (Å²) in [5.41, 5.74) is 1.51. The molecule has 0 aromatic rings. The molecule has 63 heavy (non-hydrogen) atoms. The van der Waals surface area contributed by atoms with Crippen LogP contribution < -0.4 is 0 Å². The highest BCUT2D eigenvalue weighted by molar-refractivity contribution is 5.65. The number of rotatable bonds is 9. The molecule has 5 heterocycles. The van der Waals surface area contributed by atoms with Gasteiger partial charge in [-0.1, -0.05) is 39.3 Å². The monoisotopic (exact) mass is 896 g/mol. The standard InChI is InChI=1S/C46H72O17/c1-20-9-14-46(56-18-20)21(2)32-29(63-46)16-28-26-8-7-24-15-25(10-12-44(24,5)27(26)11-13-45(28,32)6)58-43-40(62-41-37(53)35(51)33(49)22(3)57-41)38(54)39(30(17-47)59-43)61-42-36(52)34(50)31(60-42)19-55-23(4)48/h7,20-22,25-43,47,49-54H,8-19H2,1-6H3/t20-,21+,22+,25+,26?,27?,28?,29?,30-,31+,32?,33+,34+,35-,36-,37-,38+,39-,40-,41-,42-,43-,44+,45+,46-/m1/s1. The smallest absolute Gasteiger partial charge is 0.302 e. The molecule has 8 fully saturated rings. The minimum Gasteiger partial charge on any atom is -0.463 e. The van der Waals surface area contributed by atoms with Gasteiger partial charge in [0.2, 0.25) is 0 Å². The highest BCUT2D eigenvalue weighted by Gasteiger charge is 2.69. The molecule has 0 aromatic heterocycles. The zero-order valence-electron chi connectivity index (χ0n) is 37.5. The summed E-state index contributed by atoms with van der Waals surface area (Å²) in [6, 6.07) is 0. The average Bonchev–Trinajstić information content (AvgIpc) is 3.81. The molecule has 0 aromatic carbocycles. The molecule has 358 valence electrons. The van der Waals surface area contributed by atoms with Crippen molar-refractivity contribution in [2.75, 3.05) is 19.8 Å². The van der Waals surface area contributed by atoms with Crippen molar-refractivity contribution in [3.8, 4) is 0 Å². The van der Waals surface area contributed by atoms with Gasteiger partial charge in [-0.3, -0.25) is 4.79 Å². The molecule has 3 saturated carbocycles. The number of fused-ring (bicyclic) bond motifs is 7. The SMILES string of the molecule is CC(=O)OC[C@@H]1O[C@H](O[C@H]2[C@H](O)[C@@H](O[C@H]3O[C@@H](C)[C@H](O)[C@@H](O)[C@H]3O)[C@H](O[C@H]3CC[C@@]4(C)C(=CCC5C6CC7O[C@]8(CC[C@@H](C)CO8)[C@@H](C)C7[C@@]6(C)CCC54)C3)O[C@@H]2CO)[C@H](O)[C@H]1O. The van der Waals surface area contributed by atoms with Gasteiger partial charge in [0.25, 0.3) is 0 Å². The summed E-state index contributed by atoms with van der Waals surface area (Å²) in [7, 11) is 0. The minimum atomic E-state index is -1.72. The van der Waals surface area contributed by atoms with Gasteiger partial charge in [-0.25, -0.2) is 0 Å². The van der Waals surface area contributed by atoms with Gasteiger partial charge in [-0.05, 0) is 98.7 Å². The second-order valence-electron chi connectivity index (χ2n) is 21.2. The molecule has 5 unspecified atom stereocenters. The largest absolute Gasteiger partial charge is 0.463 e. The Morgan fingerprint density at radius 1 is 0.778 bits per heavy atom. The maximum absolute atomic E-state index is 12.0. The van der Waals surface area contributed by atoms with E-state index >= 15 is 0 Å². The van der Waals surface area contributed by atoms with Gasteiger partial charge in [0.05, 0.1) is 31.5 Å². The summed E-state index contributed by atoms with van der Waals surface area (Å²) in [4.78, 5) is 11.4. The fraction of sp³-hybridized carbons (Fsp3) is 0.935. The number of allylic oxidation sites excluding steroid dienone is 1. The van der Waals surface area contributed by atoms with Crippen LogP contribution in [0, 0.1) is 46.3 Å². The lowest BCUT2D eigenvalue weighted by Gasteiger charge is -2.58. The maximum Gasteiger partial charge on any atom is 0.302 e. The van der Waals surface area contributed by atoms with Crippen molar-refractivity contribution in [3.63, 3.8) is 0 Å². The maximum atomic E-state index is 12.0. The molecule has 17 heteroatoms.